The molecular formula is C15H14FN3. The highest BCUT2D eigenvalue weighted by molar-refractivity contribution is 5.90. The van der Waals surface area contributed by atoms with Gasteiger partial charge in [0.15, 0.2) is 0 Å². The molecule has 96 valence electrons. The van der Waals surface area contributed by atoms with Gasteiger partial charge in [-0.25, -0.2) is 9.37 Å². The van der Waals surface area contributed by atoms with Gasteiger partial charge in [-0.1, -0.05) is 18.2 Å². The summed E-state index contributed by atoms with van der Waals surface area (Å²) in [6, 6.07) is 12.2. The molecule has 1 heterocycles. The minimum atomic E-state index is -0.264. The van der Waals surface area contributed by atoms with Crippen LogP contribution in [0, 0.1) is 5.82 Å². The van der Waals surface area contributed by atoms with Gasteiger partial charge in [0.2, 0.25) is 0 Å². The zero-order valence-electron chi connectivity index (χ0n) is 10.6. The molecule has 3 nitrogen and oxygen atoms in total. The highest BCUT2D eigenvalue weighted by Crippen LogP contribution is 2.28. The largest absolute Gasteiger partial charge is 0.397 e. The second-order valence-corrected chi connectivity index (χ2v) is 4.40. The number of rotatable bonds is 2. The standard InChI is InChI=1S/C15H14FN3/c1-2-19-13-8-4-7-12(17)14(13)18-15(19)10-5-3-6-11(16)9-10/h3-9H,2,17H2,1H3. The van der Waals surface area contributed by atoms with Crippen molar-refractivity contribution in [1.29, 1.82) is 0 Å². The topological polar surface area (TPSA) is 43.8 Å². The van der Waals surface area contributed by atoms with E-state index in [1.54, 1.807) is 6.07 Å². The lowest BCUT2D eigenvalue weighted by Gasteiger charge is -2.06. The van der Waals surface area contributed by atoms with E-state index in [-0.39, 0.29) is 5.82 Å². The number of aryl methyl sites for hydroxylation is 1. The van der Waals surface area contributed by atoms with E-state index in [0.29, 0.717) is 5.69 Å². The highest BCUT2D eigenvalue weighted by Gasteiger charge is 2.13. The van der Waals surface area contributed by atoms with Crippen LogP contribution in [0.2, 0.25) is 0 Å². The normalized spacial score (nSPS) is 11.1. The zero-order valence-corrected chi connectivity index (χ0v) is 10.6. The predicted octanol–water partition coefficient (Wildman–Crippen LogP) is 3.44. The van der Waals surface area contributed by atoms with Crippen LogP contribution in [0.15, 0.2) is 42.5 Å². The monoisotopic (exact) mass is 255 g/mol. The molecule has 0 spiro atoms. The summed E-state index contributed by atoms with van der Waals surface area (Å²) in [4.78, 5) is 4.57. The molecule has 1 aromatic heterocycles. The summed E-state index contributed by atoms with van der Waals surface area (Å²) in [6.45, 7) is 2.79. The van der Waals surface area contributed by atoms with E-state index >= 15 is 0 Å². The van der Waals surface area contributed by atoms with Crippen LogP contribution in [0.5, 0.6) is 0 Å². The number of para-hydroxylation sites is 1. The van der Waals surface area contributed by atoms with E-state index in [9.17, 15) is 4.39 Å². The number of nitrogens with zero attached hydrogens (tertiary/aromatic N) is 2. The predicted molar refractivity (Wildman–Crippen MR) is 75.2 cm³/mol. The maximum Gasteiger partial charge on any atom is 0.141 e. The Morgan fingerprint density at radius 3 is 2.74 bits per heavy atom. The van der Waals surface area contributed by atoms with Crippen molar-refractivity contribution in [2.75, 3.05) is 5.73 Å². The Kier molecular flexibility index (Phi) is 2.71. The van der Waals surface area contributed by atoms with Gasteiger partial charge in [-0.2, -0.15) is 0 Å². The van der Waals surface area contributed by atoms with Crippen LogP contribution in [0.4, 0.5) is 10.1 Å². The first kappa shape index (κ1) is 11.7. The Hall–Kier alpha value is -2.36. The number of anilines is 1. The summed E-state index contributed by atoms with van der Waals surface area (Å²) in [7, 11) is 0. The minimum absolute atomic E-state index is 0.264. The third kappa shape index (κ3) is 1.85. The maximum absolute atomic E-state index is 13.4. The number of benzene rings is 2. The van der Waals surface area contributed by atoms with Crippen LogP contribution in [-0.4, -0.2) is 9.55 Å². The minimum Gasteiger partial charge on any atom is -0.397 e. The summed E-state index contributed by atoms with van der Waals surface area (Å²) < 4.78 is 15.4. The molecule has 0 atom stereocenters. The number of imidazole rings is 1. The summed E-state index contributed by atoms with van der Waals surface area (Å²) in [5.74, 6) is 0.482. The van der Waals surface area contributed by atoms with Crippen LogP contribution in [0.3, 0.4) is 0 Å². The second-order valence-electron chi connectivity index (χ2n) is 4.40. The lowest BCUT2D eigenvalue weighted by Crippen LogP contribution is -1.97. The number of aromatic nitrogens is 2. The lowest BCUT2D eigenvalue weighted by atomic mass is 10.2. The number of nitrogens with two attached hydrogens (primary N) is 1. The van der Waals surface area contributed by atoms with E-state index in [0.717, 1.165) is 29.0 Å². The van der Waals surface area contributed by atoms with Gasteiger partial charge in [0.25, 0.3) is 0 Å². The van der Waals surface area contributed by atoms with Crippen LogP contribution < -0.4 is 5.73 Å². The second kappa shape index (κ2) is 4.39. The Labute approximate surface area is 110 Å². The summed E-state index contributed by atoms with van der Waals surface area (Å²) in [5.41, 5.74) is 9.09. The molecule has 0 amide bonds. The quantitative estimate of drug-likeness (QED) is 0.713. The fourth-order valence-electron chi connectivity index (χ4n) is 2.34. The Morgan fingerprint density at radius 1 is 1.21 bits per heavy atom. The molecule has 19 heavy (non-hydrogen) atoms. The fraction of sp³-hybridized carbons (Fsp3) is 0.133. The van der Waals surface area contributed by atoms with Crippen molar-refractivity contribution in [3.05, 3.63) is 48.3 Å². The molecule has 4 heteroatoms. The molecule has 0 radical (unpaired) electrons. The van der Waals surface area contributed by atoms with Gasteiger partial charge in [-0.05, 0) is 31.2 Å². The van der Waals surface area contributed by atoms with Crippen molar-refractivity contribution in [2.45, 2.75) is 13.5 Å². The van der Waals surface area contributed by atoms with Crippen LogP contribution >= 0.6 is 0 Å². The van der Waals surface area contributed by atoms with Gasteiger partial charge in [0.1, 0.15) is 17.2 Å². The molecule has 0 bridgehead atoms. The van der Waals surface area contributed by atoms with E-state index in [2.05, 4.69) is 4.98 Å². The maximum atomic E-state index is 13.4. The van der Waals surface area contributed by atoms with E-state index < -0.39 is 0 Å². The summed E-state index contributed by atoms with van der Waals surface area (Å²) >= 11 is 0. The lowest BCUT2D eigenvalue weighted by molar-refractivity contribution is 0.628. The zero-order chi connectivity index (χ0) is 13.4. The molecular weight excluding hydrogens is 241 g/mol. The molecule has 2 N–H and O–H groups in total. The first-order valence-electron chi connectivity index (χ1n) is 6.21. The SMILES string of the molecule is CCn1c(-c2cccc(F)c2)nc2c(N)cccc21. The van der Waals surface area contributed by atoms with Gasteiger partial charge >= 0.3 is 0 Å². The van der Waals surface area contributed by atoms with Crippen LogP contribution in [0.1, 0.15) is 6.92 Å². The van der Waals surface area contributed by atoms with Crippen molar-refractivity contribution in [3.8, 4) is 11.4 Å². The molecule has 3 rings (SSSR count). The smallest absolute Gasteiger partial charge is 0.141 e. The third-order valence-corrected chi connectivity index (χ3v) is 3.21. The molecule has 0 aliphatic heterocycles. The average Bonchev–Trinajstić information content (AvgIpc) is 2.79. The third-order valence-electron chi connectivity index (χ3n) is 3.21. The molecule has 3 aromatic rings. The molecule has 2 aromatic carbocycles. The Morgan fingerprint density at radius 2 is 2.00 bits per heavy atom. The molecule has 0 aliphatic rings. The molecule has 0 saturated heterocycles. The van der Waals surface area contributed by atoms with Crippen molar-refractivity contribution in [3.63, 3.8) is 0 Å². The van der Waals surface area contributed by atoms with Crippen LogP contribution in [-0.2, 0) is 6.54 Å². The van der Waals surface area contributed by atoms with E-state index in [1.807, 2.05) is 35.8 Å². The van der Waals surface area contributed by atoms with E-state index in [1.165, 1.54) is 12.1 Å². The Balaban J connectivity index is 2.32. The average molecular weight is 255 g/mol. The number of halogens is 1. The van der Waals surface area contributed by atoms with Gasteiger partial charge in [0.05, 0.1) is 11.2 Å². The highest BCUT2D eigenvalue weighted by atomic mass is 19.1. The van der Waals surface area contributed by atoms with Gasteiger partial charge in [0, 0.05) is 12.1 Å². The number of hydrogen-bond donors (Lipinski definition) is 1. The van der Waals surface area contributed by atoms with Crippen molar-refractivity contribution in [2.24, 2.45) is 0 Å². The van der Waals surface area contributed by atoms with Crippen molar-refractivity contribution in [1.82, 2.24) is 9.55 Å². The van der Waals surface area contributed by atoms with Gasteiger partial charge < -0.3 is 10.3 Å². The summed E-state index contributed by atoms with van der Waals surface area (Å²) in [6.07, 6.45) is 0. The van der Waals surface area contributed by atoms with Crippen LogP contribution in [0.25, 0.3) is 22.4 Å². The van der Waals surface area contributed by atoms with Crippen molar-refractivity contribution >= 4 is 16.7 Å². The molecule has 0 unspecified atom stereocenters. The first-order valence-corrected chi connectivity index (χ1v) is 6.21. The van der Waals surface area contributed by atoms with Gasteiger partial charge in [-0.15, -0.1) is 0 Å². The Bertz CT molecular complexity index is 746. The number of hydrogen-bond acceptors (Lipinski definition) is 2. The number of nitrogen functional groups attached to an aromatic ring is 1. The fourth-order valence-corrected chi connectivity index (χ4v) is 2.34. The molecule has 0 fully saturated rings. The van der Waals surface area contributed by atoms with E-state index in [4.69, 9.17) is 5.73 Å². The first-order chi connectivity index (χ1) is 9.20. The number of fused-ring (bicyclic) bond motifs is 1. The molecule has 0 saturated carbocycles. The summed E-state index contributed by atoms with van der Waals surface area (Å²) in [5, 5.41) is 0. The van der Waals surface area contributed by atoms with Crippen molar-refractivity contribution < 1.29 is 4.39 Å². The van der Waals surface area contributed by atoms with Gasteiger partial charge in [-0.3, -0.25) is 0 Å². The molecule has 0 aliphatic carbocycles.